The van der Waals surface area contributed by atoms with Crippen LogP contribution >= 0.6 is 0 Å². The Morgan fingerprint density at radius 2 is 2.10 bits per heavy atom. The molecule has 0 bridgehead atoms. The molecule has 112 valence electrons. The van der Waals surface area contributed by atoms with Crippen LogP contribution in [0.4, 0.5) is 14.6 Å². The molecule has 1 saturated carbocycles. The van der Waals surface area contributed by atoms with Crippen LogP contribution < -0.4 is 5.32 Å². The Kier molecular flexibility index (Phi) is 3.35. The second-order valence-corrected chi connectivity index (χ2v) is 5.54. The first-order valence-corrected chi connectivity index (χ1v) is 6.94. The Morgan fingerprint density at radius 3 is 2.71 bits per heavy atom. The minimum Gasteiger partial charge on any atom is -0.367 e. The third-order valence-corrected chi connectivity index (χ3v) is 3.53. The van der Waals surface area contributed by atoms with Gasteiger partial charge in [-0.05, 0) is 26.3 Å². The van der Waals surface area contributed by atoms with E-state index < -0.39 is 5.92 Å². The molecule has 3 rings (SSSR count). The van der Waals surface area contributed by atoms with Gasteiger partial charge in [-0.3, -0.25) is 0 Å². The average molecular weight is 293 g/mol. The number of hydrogen-bond donors (Lipinski definition) is 1. The van der Waals surface area contributed by atoms with Crippen molar-refractivity contribution in [2.45, 2.75) is 45.1 Å². The maximum atomic E-state index is 13.2. The Morgan fingerprint density at radius 1 is 1.29 bits per heavy atom. The summed E-state index contributed by atoms with van der Waals surface area (Å²) in [5.41, 5.74) is 1.63. The number of hydrogen-bond acceptors (Lipinski definition) is 4. The SMILES string of the molecule is Cc1cc(NC2CCC(F)(F)C2)nc(-n2ccc(C)n2)n1. The molecule has 0 amide bonds. The molecule has 5 nitrogen and oxygen atoms in total. The number of halogens is 2. The van der Waals surface area contributed by atoms with E-state index in [1.165, 1.54) is 0 Å². The van der Waals surface area contributed by atoms with Crippen molar-refractivity contribution in [3.05, 3.63) is 29.7 Å². The highest BCUT2D eigenvalue weighted by Gasteiger charge is 2.39. The van der Waals surface area contributed by atoms with Gasteiger partial charge in [0.25, 0.3) is 5.95 Å². The van der Waals surface area contributed by atoms with Crippen molar-refractivity contribution in [2.24, 2.45) is 0 Å². The lowest BCUT2D eigenvalue weighted by atomic mass is 10.2. The Labute approximate surface area is 121 Å². The van der Waals surface area contributed by atoms with Crippen LogP contribution in [0.3, 0.4) is 0 Å². The molecular formula is C14H17F2N5. The zero-order valence-electron chi connectivity index (χ0n) is 12.0. The van der Waals surface area contributed by atoms with Crippen LogP contribution in [-0.2, 0) is 0 Å². The molecule has 1 unspecified atom stereocenters. The third kappa shape index (κ3) is 3.17. The molecular weight excluding hydrogens is 276 g/mol. The summed E-state index contributed by atoms with van der Waals surface area (Å²) in [6.45, 7) is 3.72. The molecule has 1 fully saturated rings. The summed E-state index contributed by atoms with van der Waals surface area (Å²) in [6, 6.07) is 3.37. The minimum absolute atomic E-state index is 0.0695. The van der Waals surface area contributed by atoms with Crippen LogP contribution in [0.5, 0.6) is 0 Å². The zero-order chi connectivity index (χ0) is 15.0. The first-order chi connectivity index (χ1) is 9.91. The summed E-state index contributed by atoms with van der Waals surface area (Å²) < 4.78 is 28.1. The monoisotopic (exact) mass is 293 g/mol. The molecule has 1 atom stereocenters. The molecule has 0 radical (unpaired) electrons. The molecule has 2 aromatic rings. The number of nitrogens with zero attached hydrogens (tertiary/aromatic N) is 4. The van der Waals surface area contributed by atoms with Crippen LogP contribution in [0, 0.1) is 13.8 Å². The highest BCUT2D eigenvalue weighted by Crippen LogP contribution is 2.36. The molecule has 2 heterocycles. The molecule has 2 aromatic heterocycles. The van der Waals surface area contributed by atoms with Gasteiger partial charge in [-0.15, -0.1) is 0 Å². The van der Waals surface area contributed by atoms with Gasteiger partial charge >= 0.3 is 0 Å². The quantitative estimate of drug-likeness (QED) is 0.945. The molecule has 7 heteroatoms. The Bertz CT molecular complexity index is 653. The van der Waals surface area contributed by atoms with E-state index in [0.29, 0.717) is 18.2 Å². The van der Waals surface area contributed by atoms with Crippen molar-refractivity contribution in [1.29, 1.82) is 0 Å². The molecule has 21 heavy (non-hydrogen) atoms. The molecule has 1 aliphatic carbocycles. The van der Waals surface area contributed by atoms with Crippen LogP contribution in [0.15, 0.2) is 18.3 Å². The summed E-state index contributed by atoms with van der Waals surface area (Å²) in [6.07, 6.45) is 2.01. The predicted molar refractivity (Wildman–Crippen MR) is 74.8 cm³/mol. The van der Waals surface area contributed by atoms with E-state index in [-0.39, 0.29) is 18.9 Å². The Balaban J connectivity index is 1.82. The second-order valence-electron chi connectivity index (χ2n) is 5.54. The minimum atomic E-state index is -2.57. The summed E-state index contributed by atoms with van der Waals surface area (Å²) in [7, 11) is 0. The Hall–Kier alpha value is -2.05. The van der Waals surface area contributed by atoms with Gasteiger partial charge in [-0.25, -0.2) is 18.4 Å². The van der Waals surface area contributed by atoms with Crippen molar-refractivity contribution in [1.82, 2.24) is 19.7 Å². The molecule has 0 saturated heterocycles. The normalized spacial score (nSPS) is 20.7. The van der Waals surface area contributed by atoms with Crippen molar-refractivity contribution in [3.63, 3.8) is 0 Å². The first-order valence-electron chi connectivity index (χ1n) is 6.94. The van der Waals surface area contributed by atoms with Gasteiger partial charge in [-0.1, -0.05) is 0 Å². The molecule has 0 spiro atoms. The van der Waals surface area contributed by atoms with Gasteiger partial charge in [0.2, 0.25) is 5.92 Å². The van der Waals surface area contributed by atoms with E-state index in [9.17, 15) is 8.78 Å². The highest BCUT2D eigenvalue weighted by atomic mass is 19.3. The lowest BCUT2D eigenvalue weighted by Gasteiger charge is -2.14. The van der Waals surface area contributed by atoms with Gasteiger partial charge in [0.1, 0.15) is 5.82 Å². The van der Waals surface area contributed by atoms with Gasteiger partial charge in [-0.2, -0.15) is 10.1 Å². The van der Waals surface area contributed by atoms with Gasteiger partial charge in [0.15, 0.2) is 0 Å². The number of aryl methyl sites for hydroxylation is 2. The van der Waals surface area contributed by atoms with Crippen LogP contribution in [-0.4, -0.2) is 31.7 Å². The van der Waals surface area contributed by atoms with Crippen LogP contribution in [0.2, 0.25) is 0 Å². The number of anilines is 1. The van der Waals surface area contributed by atoms with Gasteiger partial charge in [0.05, 0.1) is 5.69 Å². The standard InChI is InChI=1S/C14H17F2N5/c1-9-4-6-21(20-9)13-17-10(2)7-12(19-13)18-11-3-5-14(15,16)8-11/h4,6-7,11H,3,5,8H2,1-2H3,(H,17,18,19). The summed E-state index contributed by atoms with van der Waals surface area (Å²) in [4.78, 5) is 8.68. The molecule has 0 aliphatic heterocycles. The van der Waals surface area contributed by atoms with E-state index in [2.05, 4.69) is 20.4 Å². The predicted octanol–water partition coefficient (Wildman–Crippen LogP) is 2.88. The van der Waals surface area contributed by atoms with E-state index >= 15 is 0 Å². The lowest BCUT2D eigenvalue weighted by Crippen LogP contribution is -2.20. The number of alkyl halides is 2. The number of rotatable bonds is 3. The fraction of sp³-hybridized carbons (Fsp3) is 0.500. The highest BCUT2D eigenvalue weighted by molar-refractivity contribution is 5.39. The lowest BCUT2D eigenvalue weighted by molar-refractivity contribution is 0.00852. The molecule has 0 aromatic carbocycles. The maximum absolute atomic E-state index is 13.2. The smallest absolute Gasteiger partial charge is 0.252 e. The van der Waals surface area contributed by atoms with Crippen molar-refractivity contribution in [3.8, 4) is 5.95 Å². The van der Waals surface area contributed by atoms with E-state index in [1.54, 1.807) is 16.9 Å². The molecule has 1 N–H and O–H groups in total. The van der Waals surface area contributed by atoms with Crippen LogP contribution in [0.25, 0.3) is 5.95 Å². The second kappa shape index (κ2) is 5.05. The van der Waals surface area contributed by atoms with Crippen molar-refractivity contribution < 1.29 is 8.78 Å². The van der Waals surface area contributed by atoms with Gasteiger partial charge in [0, 0.05) is 36.8 Å². The zero-order valence-corrected chi connectivity index (χ0v) is 12.0. The van der Waals surface area contributed by atoms with E-state index in [4.69, 9.17) is 0 Å². The summed E-state index contributed by atoms with van der Waals surface area (Å²) >= 11 is 0. The van der Waals surface area contributed by atoms with E-state index in [0.717, 1.165) is 11.4 Å². The fourth-order valence-corrected chi connectivity index (χ4v) is 2.54. The molecule has 1 aliphatic rings. The van der Waals surface area contributed by atoms with E-state index in [1.807, 2.05) is 19.9 Å². The first kappa shape index (κ1) is 13.9. The average Bonchev–Trinajstić information content (AvgIpc) is 2.95. The number of aromatic nitrogens is 4. The topological polar surface area (TPSA) is 55.6 Å². The van der Waals surface area contributed by atoms with Gasteiger partial charge < -0.3 is 5.32 Å². The maximum Gasteiger partial charge on any atom is 0.252 e. The summed E-state index contributed by atoms with van der Waals surface area (Å²) in [5, 5.41) is 7.34. The van der Waals surface area contributed by atoms with Crippen molar-refractivity contribution >= 4 is 5.82 Å². The summed E-state index contributed by atoms with van der Waals surface area (Å²) in [5.74, 6) is -1.56. The number of nitrogens with one attached hydrogen (secondary N) is 1. The van der Waals surface area contributed by atoms with Crippen LogP contribution in [0.1, 0.15) is 30.7 Å². The van der Waals surface area contributed by atoms with Crippen molar-refractivity contribution in [2.75, 3.05) is 5.32 Å². The largest absolute Gasteiger partial charge is 0.367 e. The third-order valence-electron chi connectivity index (χ3n) is 3.53. The fourth-order valence-electron chi connectivity index (χ4n) is 2.54.